The fourth-order valence-corrected chi connectivity index (χ4v) is 3.93. The van der Waals surface area contributed by atoms with Crippen molar-refractivity contribution < 1.29 is 27.2 Å². The molecule has 4 rings (SSSR count). The van der Waals surface area contributed by atoms with Crippen LogP contribution in [-0.4, -0.2) is 28.7 Å². The van der Waals surface area contributed by atoms with Gasteiger partial charge in [-0.3, -0.25) is 4.79 Å². The molecule has 0 radical (unpaired) electrons. The Morgan fingerprint density at radius 1 is 1.23 bits per heavy atom. The molecule has 162 valence electrons. The van der Waals surface area contributed by atoms with Crippen molar-refractivity contribution in [2.45, 2.75) is 69.9 Å². The Balaban J connectivity index is 1.56. The second kappa shape index (κ2) is 7.71. The number of benzene rings is 1. The van der Waals surface area contributed by atoms with Gasteiger partial charge in [0.15, 0.2) is 18.2 Å². The van der Waals surface area contributed by atoms with E-state index in [4.69, 9.17) is 9.26 Å². The van der Waals surface area contributed by atoms with Crippen molar-refractivity contribution in [1.82, 2.24) is 10.1 Å². The highest BCUT2D eigenvalue weighted by atomic mass is 19.4. The van der Waals surface area contributed by atoms with Crippen LogP contribution in [-0.2, 0) is 5.41 Å². The van der Waals surface area contributed by atoms with Gasteiger partial charge in [0.2, 0.25) is 5.89 Å². The van der Waals surface area contributed by atoms with Crippen LogP contribution in [0.2, 0.25) is 0 Å². The Hall–Kier alpha value is -2.38. The van der Waals surface area contributed by atoms with Crippen molar-refractivity contribution in [2.24, 2.45) is 5.92 Å². The average Bonchev–Trinajstić information content (AvgIpc) is 3.59. The van der Waals surface area contributed by atoms with Crippen LogP contribution < -0.4 is 4.74 Å². The predicted octanol–water partition coefficient (Wildman–Crippen LogP) is 5.53. The number of carbonyl (C=O) groups excluding carboxylic acids is 1. The summed E-state index contributed by atoms with van der Waals surface area (Å²) in [6.07, 6.45) is 0.580. The quantitative estimate of drug-likeness (QED) is 0.497. The van der Waals surface area contributed by atoms with Gasteiger partial charge in [0.25, 0.3) is 0 Å². The molecule has 5 nitrogen and oxygen atoms in total. The molecule has 0 bridgehead atoms. The fraction of sp³-hybridized carbons (Fsp3) is 0.591. The first kappa shape index (κ1) is 20.9. The number of alkyl halides is 3. The largest absolute Gasteiger partial charge is 0.484 e. The van der Waals surface area contributed by atoms with Crippen molar-refractivity contribution in [3.05, 3.63) is 41.0 Å². The van der Waals surface area contributed by atoms with E-state index >= 15 is 0 Å². The molecule has 2 aromatic rings. The molecule has 2 aliphatic rings. The topological polar surface area (TPSA) is 65.2 Å². The van der Waals surface area contributed by atoms with Gasteiger partial charge in [-0.25, -0.2) is 0 Å². The number of ketones is 1. The van der Waals surface area contributed by atoms with Gasteiger partial charge in [-0.15, -0.1) is 0 Å². The van der Waals surface area contributed by atoms with Crippen molar-refractivity contribution in [1.29, 1.82) is 0 Å². The Morgan fingerprint density at radius 3 is 2.53 bits per heavy atom. The average molecular weight is 422 g/mol. The number of Topliss-reactive ketones (excluding diaryl/α,β-unsaturated/α-hetero) is 1. The molecule has 0 N–H and O–H groups in total. The predicted molar refractivity (Wildman–Crippen MR) is 103 cm³/mol. The van der Waals surface area contributed by atoms with Crippen molar-refractivity contribution in [2.75, 3.05) is 6.61 Å². The molecule has 8 heteroatoms. The maximum atomic E-state index is 13.1. The first-order valence-corrected chi connectivity index (χ1v) is 10.3. The zero-order valence-electron chi connectivity index (χ0n) is 17.1. The van der Waals surface area contributed by atoms with Gasteiger partial charge < -0.3 is 9.26 Å². The molecule has 0 amide bonds. The number of hydrogen-bond acceptors (Lipinski definition) is 5. The molecule has 2 saturated carbocycles. The number of nitrogens with zero attached hydrogens (tertiary/aromatic N) is 2. The van der Waals surface area contributed by atoms with Crippen molar-refractivity contribution in [3.63, 3.8) is 0 Å². The summed E-state index contributed by atoms with van der Waals surface area (Å²) in [6.45, 7) is 2.29. The summed E-state index contributed by atoms with van der Waals surface area (Å²) in [5.74, 6) is 1.67. The van der Waals surface area contributed by atoms with E-state index in [-0.39, 0.29) is 23.9 Å². The molecule has 2 fully saturated rings. The third-order valence-corrected chi connectivity index (χ3v) is 5.80. The van der Waals surface area contributed by atoms with Gasteiger partial charge in [-0.05, 0) is 42.7 Å². The van der Waals surface area contributed by atoms with Gasteiger partial charge in [-0.1, -0.05) is 37.1 Å². The van der Waals surface area contributed by atoms with Gasteiger partial charge >= 0.3 is 6.18 Å². The van der Waals surface area contributed by atoms with E-state index in [0.29, 0.717) is 23.2 Å². The minimum absolute atomic E-state index is 0.153. The molecule has 2 aliphatic carbocycles. The van der Waals surface area contributed by atoms with E-state index in [1.807, 2.05) is 6.92 Å². The van der Waals surface area contributed by atoms with E-state index in [2.05, 4.69) is 10.1 Å². The molecule has 1 aromatic heterocycles. The van der Waals surface area contributed by atoms with Gasteiger partial charge in [0.1, 0.15) is 5.75 Å². The minimum Gasteiger partial charge on any atom is -0.484 e. The third kappa shape index (κ3) is 5.02. The molecule has 0 spiro atoms. The van der Waals surface area contributed by atoms with Crippen LogP contribution in [0.5, 0.6) is 5.75 Å². The number of halogens is 3. The maximum absolute atomic E-state index is 13.1. The van der Waals surface area contributed by atoms with Crippen LogP contribution in [0.3, 0.4) is 0 Å². The number of carbonyl (C=O) groups is 1. The lowest BCUT2D eigenvalue weighted by Gasteiger charge is -2.25. The summed E-state index contributed by atoms with van der Waals surface area (Å²) in [6, 6.07) is 4.88. The molecule has 1 heterocycles. The van der Waals surface area contributed by atoms with Gasteiger partial charge in [0.05, 0.1) is 0 Å². The Kier molecular flexibility index (Phi) is 5.36. The zero-order valence-corrected chi connectivity index (χ0v) is 17.1. The number of hydrogen-bond donors (Lipinski definition) is 0. The van der Waals surface area contributed by atoms with E-state index in [1.165, 1.54) is 6.07 Å². The lowest BCUT2D eigenvalue weighted by Crippen LogP contribution is -2.28. The summed E-state index contributed by atoms with van der Waals surface area (Å²) in [4.78, 5) is 17.5. The van der Waals surface area contributed by atoms with Crippen LogP contribution in [0, 0.1) is 12.8 Å². The number of ether oxygens (including phenoxy) is 1. The smallest absolute Gasteiger partial charge is 0.422 e. The zero-order chi connectivity index (χ0) is 21.5. The maximum Gasteiger partial charge on any atom is 0.422 e. The molecule has 0 aliphatic heterocycles. The second-order valence-corrected chi connectivity index (χ2v) is 8.88. The molecule has 30 heavy (non-hydrogen) atoms. The summed E-state index contributed by atoms with van der Waals surface area (Å²) >= 11 is 0. The molecule has 0 unspecified atom stereocenters. The van der Waals surface area contributed by atoms with Gasteiger partial charge in [-0.2, -0.15) is 18.2 Å². The summed E-state index contributed by atoms with van der Waals surface area (Å²) < 4.78 is 48.2. The minimum atomic E-state index is -4.43. The SMILES string of the molecule is Cc1nc([C@](C)(CC(=O)c2ccc(C3CC3)c(OCC(F)(F)F)c2)CC2CC2)no1. The number of rotatable bonds is 9. The van der Waals surface area contributed by atoms with Gasteiger partial charge in [0, 0.05) is 24.3 Å². The monoisotopic (exact) mass is 422 g/mol. The summed E-state index contributed by atoms with van der Waals surface area (Å²) in [7, 11) is 0. The number of aromatic nitrogens is 2. The first-order valence-electron chi connectivity index (χ1n) is 10.3. The molecular weight excluding hydrogens is 397 g/mol. The summed E-state index contributed by atoms with van der Waals surface area (Å²) in [5, 5.41) is 4.05. The molecular formula is C22H25F3N2O3. The lowest BCUT2D eigenvalue weighted by molar-refractivity contribution is -0.153. The standard InChI is InChI=1S/C22H25F3N2O3/c1-13-26-20(27-30-13)21(2,10-14-3-4-14)11-18(28)16-7-8-17(15-5-6-15)19(9-16)29-12-22(23,24)25/h7-9,14-15H,3-6,10-12H2,1-2H3/t21-/m0/s1. The lowest BCUT2D eigenvalue weighted by atomic mass is 9.78. The normalized spacial score (nSPS) is 18.8. The van der Waals surface area contributed by atoms with E-state index in [0.717, 1.165) is 37.7 Å². The highest BCUT2D eigenvalue weighted by molar-refractivity contribution is 5.97. The molecule has 0 saturated heterocycles. The van der Waals surface area contributed by atoms with E-state index < -0.39 is 18.2 Å². The second-order valence-electron chi connectivity index (χ2n) is 8.88. The highest BCUT2D eigenvalue weighted by Crippen LogP contribution is 2.46. The Labute approximate surface area is 173 Å². The van der Waals surface area contributed by atoms with Crippen LogP contribution in [0.15, 0.2) is 22.7 Å². The van der Waals surface area contributed by atoms with Crippen LogP contribution in [0.4, 0.5) is 13.2 Å². The van der Waals surface area contributed by atoms with Crippen molar-refractivity contribution in [3.8, 4) is 5.75 Å². The highest BCUT2D eigenvalue weighted by Gasteiger charge is 2.40. The fourth-order valence-electron chi connectivity index (χ4n) is 3.93. The van der Waals surface area contributed by atoms with Crippen molar-refractivity contribution >= 4 is 5.78 Å². The molecule has 1 aromatic carbocycles. The number of aryl methyl sites for hydroxylation is 1. The molecule has 1 atom stereocenters. The summed E-state index contributed by atoms with van der Waals surface area (Å²) in [5.41, 5.74) is 0.502. The van der Waals surface area contributed by atoms with Crippen LogP contribution >= 0.6 is 0 Å². The first-order chi connectivity index (χ1) is 14.1. The van der Waals surface area contributed by atoms with E-state index in [9.17, 15) is 18.0 Å². The Morgan fingerprint density at radius 2 is 1.97 bits per heavy atom. The Bertz CT molecular complexity index is 932. The van der Waals surface area contributed by atoms with E-state index in [1.54, 1.807) is 19.1 Å². The van der Waals surface area contributed by atoms with Crippen LogP contribution in [0.1, 0.15) is 79.0 Å². The van der Waals surface area contributed by atoms with Crippen LogP contribution in [0.25, 0.3) is 0 Å². The third-order valence-electron chi connectivity index (χ3n) is 5.80.